The van der Waals surface area contributed by atoms with Gasteiger partial charge in [-0.1, -0.05) is 29.8 Å². The van der Waals surface area contributed by atoms with Crippen LogP contribution < -0.4 is 10.2 Å². The van der Waals surface area contributed by atoms with Crippen LogP contribution in [0.1, 0.15) is 30.3 Å². The summed E-state index contributed by atoms with van der Waals surface area (Å²) in [5, 5.41) is 3.82. The number of carbonyl (C=O) groups excluding carboxylic acids is 1. The SMILES string of the molecule is C[C@H](Nc1nc(N2CCOCC2)cc(-n2c(C(F)F)nc3ccccc32)n1)C(=O)N1CCc2cc(Cl)ccc2C1. The van der Waals surface area contributed by atoms with Gasteiger partial charge < -0.3 is 19.9 Å². The predicted molar refractivity (Wildman–Crippen MR) is 148 cm³/mol. The fourth-order valence-electron chi connectivity index (χ4n) is 5.23. The van der Waals surface area contributed by atoms with Gasteiger partial charge in [-0.2, -0.15) is 9.97 Å². The van der Waals surface area contributed by atoms with Gasteiger partial charge in [0.05, 0.1) is 24.2 Å². The number of carbonyl (C=O) groups is 1. The van der Waals surface area contributed by atoms with Crippen LogP contribution in [0.3, 0.4) is 0 Å². The van der Waals surface area contributed by atoms with Gasteiger partial charge in [0.1, 0.15) is 17.7 Å². The highest BCUT2D eigenvalue weighted by Gasteiger charge is 2.27. The molecule has 1 atom stereocenters. The summed E-state index contributed by atoms with van der Waals surface area (Å²) in [5.41, 5.74) is 3.15. The van der Waals surface area contributed by atoms with E-state index < -0.39 is 18.3 Å². The van der Waals surface area contributed by atoms with Crippen LogP contribution in [-0.4, -0.2) is 69.2 Å². The Morgan fingerprint density at radius 2 is 1.77 bits per heavy atom. The lowest BCUT2D eigenvalue weighted by molar-refractivity contribution is -0.132. The van der Waals surface area contributed by atoms with Crippen molar-refractivity contribution >= 4 is 40.3 Å². The monoisotopic (exact) mass is 567 g/mol. The van der Waals surface area contributed by atoms with Crippen LogP contribution >= 0.6 is 11.6 Å². The number of aromatic nitrogens is 4. The third-order valence-corrected chi connectivity index (χ3v) is 7.49. The van der Waals surface area contributed by atoms with Crippen molar-refractivity contribution in [3.05, 3.63) is 70.5 Å². The Hall–Kier alpha value is -3.83. The van der Waals surface area contributed by atoms with Gasteiger partial charge in [-0.25, -0.2) is 13.8 Å². The normalized spacial score (nSPS) is 16.3. The molecule has 2 aromatic carbocycles. The minimum Gasteiger partial charge on any atom is -0.378 e. The summed E-state index contributed by atoms with van der Waals surface area (Å²) in [6.45, 7) is 5.03. The van der Waals surface area contributed by atoms with Crippen LogP contribution in [0.5, 0.6) is 0 Å². The number of nitrogens with zero attached hydrogens (tertiary/aromatic N) is 6. The van der Waals surface area contributed by atoms with Crippen molar-refractivity contribution in [1.29, 1.82) is 0 Å². The Labute approximate surface area is 234 Å². The second kappa shape index (κ2) is 11.0. The number of benzene rings is 2. The molecule has 1 N–H and O–H groups in total. The fourth-order valence-corrected chi connectivity index (χ4v) is 5.42. The summed E-state index contributed by atoms with van der Waals surface area (Å²) < 4.78 is 35.1. The Balaban J connectivity index is 1.33. The van der Waals surface area contributed by atoms with Gasteiger partial charge >= 0.3 is 0 Å². The number of alkyl halides is 2. The summed E-state index contributed by atoms with van der Waals surface area (Å²) in [6.07, 6.45) is -2.10. The number of fused-ring (bicyclic) bond motifs is 2. The summed E-state index contributed by atoms with van der Waals surface area (Å²) in [4.78, 5) is 30.7. The third-order valence-electron chi connectivity index (χ3n) is 7.25. The maximum absolute atomic E-state index is 14.1. The Bertz CT molecular complexity index is 1560. The molecule has 0 unspecified atom stereocenters. The van der Waals surface area contributed by atoms with Crippen molar-refractivity contribution in [2.45, 2.75) is 32.4 Å². The molecule has 6 rings (SSSR count). The molecular formula is C28H28ClF2N7O2. The molecule has 12 heteroatoms. The molecule has 2 aromatic heterocycles. The first-order valence-corrected chi connectivity index (χ1v) is 13.6. The van der Waals surface area contributed by atoms with Crippen LogP contribution in [0.25, 0.3) is 16.9 Å². The van der Waals surface area contributed by atoms with Crippen molar-refractivity contribution in [1.82, 2.24) is 24.4 Å². The van der Waals surface area contributed by atoms with E-state index in [2.05, 4.69) is 20.3 Å². The molecule has 9 nitrogen and oxygen atoms in total. The minimum atomic E-state index is -2.82. The molecule has 0 radical (unpaired) electrons. The number of imidazole rings is 1. The highest BCUT2D eigenvalue weighted by atomic mass is 35.5. The van der Waals surface area contributed by atoms with Crippen molar-refractivity contribution in [3.8, 4) is 5.82 Å². The summed E-state index contributed by atoms with van der Waals surface area (Å²) in [6, 6.07) is 13.7. The molecule has 4 aromatic rings. The molecule has 40 heavy (non-hydrogen) atoms. The van der Waals surface area contributed by atoms with Crippen LogP contribution in [-0.2, 0) is 22.5 Å². The molecule has 2 aliphatic heterocycles. The van der Waals surface area contributed by atoms with E-state index in [0.717, 1.165) is 11.1 Å². The lowest BCUT2D eigenvalue weighted by Crippen LogP contribution is -2.44. The molecule has 2 aliphatic rings. The summed E-state index contributed by atoms with van der Waals surface area (Å²) in [5.74, 6) is 0.449. The predicted octanol–water partition coefficient (Wildman–Crippen LogP) is 4.63. The van der Waals surface area contributed by atoms with Crippen molar-refractivity contribution in [3.63, 3.8) is 0 Å². The number of ether oxygens (including phenoxy) is 1. The van der Waals surface area contributed by atoms with E-state index in [-0.39, 0.29) is 17.7 Å². The van der Waals surface area contributed by atoms with Crippen LogP contribution in [0, 0.1) is 0 Å². The number of nitrogens with one attached hydrogen (secondary N) is 1. The average Bonchev–Trinajstić information content (AvgIpc) is 3.37. The van der Waals surface area contributed by atoms with E-state index in [1.165, 1.54) is 4.57 Å². The molecular weight excluding hydrogens is 540 g/mol. The van der Waals surface area contributed by atoms with E-state index in [1.54, 1.807) is 42.2 Å². The maximum Gasteiger partial charge on any atom is 0.296 e. The second-order valence-electron chi connectivity index (χ2n) is 9.89. The van der Waals surface area contributed by atoms with Gasteiger partial charge in [-0.3, -0.25) is 9.36 Å². The fraction of sp³-hybridized carbons (Fsp3) is 0.357. The van der Waals surface area contributed by atoms with Gasteiger partial charge in [0.25, 0.3) is 6.43 Å². The molecule has 0 bridgehead atoms. The minimum absolute atomic E-state index is 0.108. The van der Waals surface area contributed by atoms with Gasteiger partial charge in [0, 0.05) is 37.3 Å². The van der Waals surface area contributed by atoms with Crippen molar-refractivity contribution < 1.29 is 18.3 Å². The third kappa shape index (κ3) is 5.18. The number of hydrogen-bond donors (Lipinski definition) is 1. The first-order chi connectivity index (χ1) is 19.4. The number of morpholine rings is 1. The standard InChI is InChI=1S/C28H28ClF2N7O2/c1-17(27(39)37-9-8-18-14-20(29)7-6-19(18)16-37)32-28-34-23(36-10-12-40-13-11-36)15-24(35-28)38-22-5-3-2-4-21(22)33-26(38)25(30)31/h2-7,14-15,17,25H,8-13,16H2,1H3,(H,32,34,35)/t17-/m0/s1. The first-order valence-electron chi connectivity index (χ1n) is 13.2. The summed E-state index contributed by atoms with van der Waals surface area (Å²) in [7, 11) is 0. The van der Waals surface area contributed by atoms with E-state index in [1.807, 2.05) is 23.1 Å². The van der Waals surface area contributed by atoms with Crippen LogP contribution in [0.4, 0.5) is 20.5 Å². The van der Waals surface area contributed by atoms with Crippen LogP contribution in [0.15, 0.2) is 48.5 Å². The number of rotatable bonds is 6. The highest BCUT2D eigenvalue weighted by molar-refractivity contribution is 6.30. The van der Waals surface area contributed by atoms with Gasteiger partial charge in [-0.15, -0.1) is 0 Å². The number of hydrogen-bond acceptors (Lipinski definition) is 7. The summed E-state index contributed by atoms with van der Waals surface area (Å²) >= 11 is 6.13. The number of anilines is 2. The molecule has 1 fully saturated rings. The van der Waals surface area contributed by atoms with Crippen molar-refractivity contribution in [2.24, 2.45) is 0 Å². The Morgan fingerprint density at radius 1 is 1.00 bits per heavy atom. The van der Waals surface area contributed by atoms with Crippen molar-refractivity contribution in [2.75, 3.05) is 43.1 Å². The largest absolute Gasteiger partial charge is 0.378 e. The molecule has 0 aliphatic carbocycles. The van der Waals surface area contributed by atoms with Gasteiger partial charge in [-0.05, 0) is 48.7 Å². The maximum atomic E-state index is 14.1. The average molecular weight is 568 g/mol. The molecule has 1 saturated heterocycles. The van der Waals surface area contributed by atoms with Gasteiger partial charge in [0.2, 0.25) is 11.9 Å². The van der Waals surface area contributed by atoms with E-state index in [4.69, 9.17) is 16.3 Å². The first kappa shape index (κ1) is 26.4. The molecule has 208 valence electrons. The number of amides is 1. The van der Waals surface area contributed by atoms with Gasteiger partial charge in [0.15, 0.2) is 5.82 Å². The molecule has 0 spiro atoms. The lowest BCUT2D eigenvalue weighted by Gasteiger charge is -2.31. The van der Waals surface area contributed by atoms with E-state index >= 15 is 0 Å². The van der Waals surface area contributed by atoms with Crippen LogP contribution in [0.2, 0.25) is 5.02 Å². The topological polar surface area (TPSA) is 88.4 Å². The Morgan fingerprint density at radius 3 is 2.58 bits per heavy atom. The Kier molecular flexibility index (Phi) is 7.24. The highest BCUT2D eigenvalue weighted by Crippen LogP contribution is 2.30. The zero-order chi connectivity index (χ0) is 27.8. The smallest absolute Gasteiger partial charge is 0.296 e. The molecule has 0 saturated carbocycles. The number of halogens is 3. The zero-order valence-electron chi connectivity index (χ0n) is 21.9. The van der Waals surface area contributed by atoms with E-state index in [0.29, 0.717) is 67.7 Å². The quantitative estimate of drug-likeness (QED) is 0.363. The number of para-hydroxylation sites is 2. The molecule has 4 heterocycles. The lowest BCUT2D eigenvalue weighted by atomic mass is 9.99. The van der Waals surface area contributed by atoms with E-state index in [9.17, 15) is 13.6 Å². The second-order valence-corrected chi connectivity index (χ2v) is 10.3. The molecule has 1 amide bonds. The zero-order valence-corrected chi connectivity index (χ0v) is 22.6.